The van der Waals surface area contributed by atoms with Crippen molar-refractivity contribution in [3.05, 3.63) is 92.0 Å². The van der Waals surface area contributed by atoms with Gasteiger partial charge in [-0.05, 0) is 30.3 Å². The van der Waals surface area contributed by atoms with E-state index in [1.165, 1.54) is 24.3 Å². The normalized spacial score (nSPS) is 10.2. The third kappa shape index (κ3) is 4.76. The van der Waals surface area contributed by atoms with E-state index >= 15 is 0 Å². The van der Waals surface area contributed by atoms with E-state index in [1.54, 1.807) is 0 Å². The number of phenols is 2. The molecule has 0 radical (unpaired) electrons. The maximum Gasteiger partial charge on any atom is 0.270 e. The lowest BCUT2D eigenvalue weighted by Crippen LogP contribution is -2.14. The highest BCUT2D eigenvalue weighted by Crippen LogP contribution is 2.26. The number of carbonyl (C=O) groups is 2. The number of phenolic OH excluding ortho intramolecular Hbond substituents is 2. The number of hydrogen-bond donors (Lipinski definition) is 4. The molecule has 0 aliphatic heterocycles. The molecule has 0 saturated heterocycles. The number of nitro groups is 2. The lowest BCUT2D eigenvalue weighted by atomic mass is 10.1. The average molecular weight is 438 g/mol. The van der Waals surface area contributed by atoms with Crippen molar-refractivity contribution in [2.75, 3.05) is 10.6 Å². The van der Waals surface area contributed by atoms with Crippen LogP contribution in [0.25, 0.3) is 0 Å². The Morgan fingerprint density at radius 3 is 1.47 bits per heavy atom. The molecular weight excluding hydrogens is 424 g/mol. The van der Waals surface area contributed by atoms with Gasteiger partial charge in [-0.2, -0.15) is 0 Å². The van der Waals surface area contributed by atoms with Crippen LogP contribution in [0.1, 0.15) is 20.7 Å². The molecule has 0 unspecified atom stereocenters. The van der Waals surface area contributed by atoms with Gasteiger partial charge in [0, 0.05) is 35.6 Å². The van der Waals surface area contributed by atoms with Crippen LogP contribution in [0, 0.1) is 20.2 Å². The second-order valence-corrected chi connectivity index (χ2v) is 6.41. The third-order valence-electron chi connectivity index (χ3n) is 4.25. The lowest BCUT2D eigenvalue weighted by Gasteiger charge is -2.10. The topological polar surface area (TPSA) is 185 Å². The molecule has 2 amide bonds. The molecule has 32 heavy (non-hydrogen) atoms. The summed E-state index contributed by atoms with van der Waals surface area (Å²) in [7, 11) is 0. The fourth-order valence-electron chi connectivity index (χ4n) is 2.71. The van der Waals surface area contributed by atoms with E-state index in [9.17, 15) is 40.0 Å². The standard InChI is InChI=1S/C20H14N4O8/c25-17-6-4-13(23(29)30)9-15(17)19(27)21-11-2-1-3-12(8-11)22-20(28)16-10-14(24(31)32)5-7-18(16)26/h1-10,25-26H,(H,21,27)(H,22,28). The zero-order chi connectivity index (χ0) is 23.4. The Morgan fingerprint density at radius 2 is 1.09 bits per heavy atom. The zero-order valence-electron chi connectivity index (χ0n) is 16.0. The van der Waals surface area contributed by atoms with Crippen LogP contribution in [0.5, 0.6) is 11.5 Å². The number of amides is 2. The number of nitrogens with zero attached hydrogens (tertiary/aromatic N) is 2. The summed E-state index contributed by atoms with van der Waals surface area (Å²) in [4.78, 5) is 45.2. The predicted octanol–water partition coefficient (Wildman–Crippen LogP) is 3.42. The molecule has 3 rings (SSSR count). The van der Waals surface area contributed by atoms with E-state index in [1.807, 2.05) is 0 Å². The SMILES string of the molecule is O=C(Nc1cccc(NC(=O)c2cc([N+](=O)[O-])ccc2O)c1)c1cc([N+](=O)[O-])ccc1O. The second-order valence-electron chi connectivity index (χ2n) is 6.41. The van der Waals surface area contributed by atoms with Crippen LogP contribution in [0.15, 0.2) is 60.7 Å². The highest BCUT2D eigenvalue weighted by atomic mass is 16.6. The van der Waals surface area contributed by atoms with Gasteiger partial charge in [0.15, 0.2) is 0 Å². The van der Waals surface area contributed by atoms with Crippen molar-refractivity contribution in [3.8, 4) is 11.5 Å². The monoisotopic (exact) mass is 438 g/mol. The molecule has 0 aromatic heterocycles. The molecule has 4 N–H and O–H groups in total. The van der Waals surface area contributed by atoms with E-state index in [0.29, 0.717) is 0 Å². The van der Waals surface area contributed by atoms with E-state index in [-0.39, 0.29) is 33.9 Å². The fraction of sp³-hybridized carbons (Fsp3) is 0. The van der Waals surface area contributed by atoms with Crippen molar-refractivity contribution >= 4 is 34.6 Å². The quantitative estimate of drug-likeness (QED) is 0.333. The van der Waals surface area contributed by atoms with Crippen molar-refractivity contribution in [2.45, 2.75) is 0 Å². The van der Waals surface area contributed by atoms with Crippen molar-refractivity contribution in [1.29, 1.82) is 0 Å². The molecule has 0 bridgehead atoms. The van der Waals surface area contributed by atoms with Crippen molar-refractivity contribution in [3.63, 3.8) is 0 Å². The molecule has 0 spiro atoms. The van der Waals surface area contributed by atoms with Gasteiger partial charge in [-0.3, -0.25) is 29.8 Å². The van der Waals surface area contributed by atoms with Crippen LogP contribution >= 0.6 is 0 Å². The Kier molecular flexibility index (Phi) is 5.96. The Morgan fingerprint density at radius 1 is 0.688 bits per heavy atom. The average Bonchev–Trinajstić information content (AvgIpc) is 2.74. The van der Waals surface area contributed by atoms with Crippen LogP contribution in [-0.4, -0.2) is 31.9 Å². The van der Waals surface area contributed by atoms with E-state index in [4.69, 9.17) is 0 Å². The van der Waals surface area contributed by atoms with Gasteiger partial charge in [0.2, 0.25) is 0 Å². The molecule has 0 saturated carbocycles. The van der Waals surface area contributed by atoms with E-state index in [0.717, 1.165) is 36.4 Å². The Labute approximate surface area is 179 Å². The summed E-state index contributed by atoms with van der Waals surface area (Å²) < 4.78 is 0. The first-order valence-electron chi connectivity index (χ1n) is 8.83. The minimum absolute atomic E-state index is 0.182. The summed E-state index contributed by atoms with van der Waals surface area (Å²) in [5.74, 6) is -2.57. The van der Waals surface area contributed by atoms with E-state index < -0.39 is 33.2 Å². The summed E-state index contributed by atoms with van der Waals surface area (Å²) in [6, 6.07) is 11.7. The number of benzene rings is 3. The van der Waals surface area contributed by atoms with E-state index in [2.05, 4.69) is 10.6 Å². The number of rotatable bonds is 6. The van der Waals surface area contributed by atoms with Crippen molar-refractivity contribution < 1.29 is 29.6 Å². The maximum absolute atomic E-state index is 12.4. The number of hydrogen-bond acceptors (Lipinski definition) is 8. The van der Waals surface area contributed by atoms with Crippen LogP contribution in [0.2, 0.25) is 0 Å². The van der Waals surface area contributed by atoms with Crippen LogP contribution in [-0.2, 0) is 0 Å². The molecule has 0 aliphatic rings. The van der Waals surface area contributed by atoms with Crippen LogP contribution in [0.3, 0.4) is 0 Å². The predicted molar refractivity (Wildman–Crippen MR) is 112 cm³/mol. The van der Waals surface area contributed by atoms with Gasteiger partial charge >= 0.3 is 0 Å². The van der Waals surface area contributed by atoms with Gasteiger partial charge in [-0.15, -0.1) is 0 Å². The third-order valence-corrected chi connectivity index (χ3v) is 4.25. The molecule has 0 aliphatic carbocycles. The summed E-state index contributed by atoms with van der Waals surface area (Å²) in [6.45, 7) is 0. The lowest BCUT2D eigenvalue weighted by molar-refractivity contribution is -0.385. The molecule has 162 valence electrons. The van der Waals surface area contributed by atoms with Crippen molar-refractivity contribution in [2.24, 2.45) is 0 Å². The molecule has 0 atom stereocenters. The van der Waals surface area contributed by atoms with Gasteiger partial charge in [-0.25, -0.2) is 0 Å². The first kappa shape index (κ1) is 21.7. The highest BCUT2D eigenvalue weighted by molar-refractivity contribution is 6.08. The summed E-state index contributed by atoms with van der Waals surface area (Å²) in [5, 5.41) is 46.3. The summed E-state index contributed by atoms with van der Waals surface area (Å²) >= 11 is 0. The van der Waals surface area contributed by atoms with Crippen molar-refractivity contribution in [1.82, 2.24) is 0 Å². The number of nitro benzene ring substituents is 2. The molecule has 3 aromatic carbocycles. The van der Waals surface area contributed by atoms with Crippen LogP contribution < -0.4 is 10.6 Å². The first-order valence-corrected chi connectivity index (χ1v) is 8.83. The molecular formula is C20H14N4O8. The Hall–Kier alpha value is -5.00. The fourth-order valence-corrected chi connectivity index (χ4v) is 2.71. The minimum atomic E-state index is -0.828. The summed E-state index contributed by atoms with van der Waals surface area (Å²) in [6.07, 6.45) is 0. The number of anilines is 2. The minimum Gasteiger partial charge on any atom is -0.507 e. The van der Waals surface area contributed by atoms with Gasteiger partial charge < -0.3 is 20.8 Å². The Bertz CT molecular complexity index is 1170. The molecule has 3 aromatic rings. The van der Waals surface area contributed by atoms with Gasteiger partial charge in [-0.1, -0.05) is 6.07 Å². The zero-order valence-corrected chi connectivity index (χ0v) is 16.0. The second kappa shape index (κ2) is 8.79. The number of nitrogens with one attached hydrogen (secondary N) is 2. The number of carbonyl (C=O) groups excluding carboxylic acids is 2. The maximum atomic E-state index is 12.4. The van der Waals surface area contributed by atoms with Gasteiger partial charge in [0.05, 0.1) is 21.0 Å². The molecule has 0 fully saturated rings. The largest absolute Gasteiger partial charge is 0.507 e. The molecule has 12 nitrogen and oxygen atoms in total. The summed E-state index contributed by atoms with van der Waals surface area (Å²) in [5.41, 5.74) is -1.05. The molecule has 12 heteroatoms. The van der Waals surface area contributed by atoms with Gasteiger partial charge in [0.1, 0.15) is 11.5 Å². The Balaban J connectivity index is 1.79. The first-order chi connectivity index (χ1) is 15.2. The van der Waals surface area contributed by atoms with Gasteiger partial charge in [0.25, 0.3) is 23.2 Å². The van der Waals surface area contributed by atoms with Crippen LogP contribution in [0.4, 0.5) is 22.7 Å². The molecule has 0 heterocycles. The number of aromatic hydroxyl groups is 2. The smallest absolute Gasteiger partial charge is 0.270 e. The highest BCUT2D eigenvalue weighted by Gasteiger charge is 2.18. The number of non-ortho nitro benzene ring substituents is 2.